The average Bonchev–Trinajstić information content (AvgIpc) is 2.81. The molecule has 0 radical (unpaired) electrons. The second-order valence-electron chi connectivity index (χ2n) is 3.89. The highest BCUT2D eigenvalue weighted by Crippen LogP contribution is 2.21. The number of halogens is 1. The third-order valence-corrected chi connectivity index (χ3v) is 5.00. The number of anilines is 1. The van der Waals surface area contributed by atoms with Gasteiger partial charge in [0.05, 0.1) is 5.69 Å². The molecule has 0 spiro atoms. The predicted molar refractivity (Wildman–Crippen MR) is 74.0 cm³/mol. The maximum absolute atomic E-state index is 13.5. The number of nitrogens with two attached hydrogens (primary N) is 1. The summed E-state index contributed by atoms with van der Waals surface area (Å²) in [4.78, 5) is 0.574. The van der Waals surface area contributed by atoms with Crippen molar-refractivity contribution in [2.45, 2.75) is 11.3 Å². The molecule has 2 rings (SSSR count). The van der Waals surface area contributed by atoms with Crippen LogP contribution in [-0.2, 0) is 16.4 Å². The second-order valence-corrected chi connectivity index (χ2v) is 6.62. The van der Waals surface area contributed by atoms with Crippen molar-refractivity contribution in [3.63, 3.8) is 0 Å². The van der Waals surface area contributed by atoms with E-state index in [4.69, 9.17) is 5.73 Å². The molecule has 7 heteroatoms. The third-order valence-electron chi connectivity index (χ3n) is 2.51. The number of nitrogen functional groups attached to an aromatic ring is 1. The van der Waals surface area contributed by atoms with Crippen molar-refractivity contribution in [3.05, 3.63) is 46.4 Å². The molecule has 0 aliphatic heterocycles. The summed E-state index contributed by atoms with van der Waals surface area (Å²) in [6, 6.07) is 7.61. The van der Waals surface area contributed by atoms with Gasteiger partial charge in [-0.25, -0.2) is 17.5 Å². The van der Waals surface area contributed by atoms with E-state index in [1.54, 1.807) is 11.3 Å². The lowest BCUT2D eigenvalue weighted by Gasteiger charge is -2.09. The molecular weight excluding hydrogens is 287 g/mol. The first-order valence-electron chi connectivity index (χ1n) is 5.57. The minimum Gasteiger partial charge on any atom is -0.398 e. The van der Waals surface area contributed by atoms with Gasteiger partial charge in [0, 0.05) is 11.4 Å². The number of benzene rings is 1. The Hall–Kier alpha value is -1.44. The SMILES string of the molecule is Nc1cccc(F)c1S(=O)(=O)NCCc1cccs1. The van der Waals surface area contributed by atoms with Crippen molar-refractivity contribution in [2.75, 3.05) is 12.3 Å². The lowest BCUT2D eigenvalue weighted by Crippen LogP contribution is -2.27. The van der Waals surface area contributed by atoms with Crippen LogP contribution in [0.3, 0.4) is 0 Å². The van der Waals surface area contributed by atoms with Gasteiger partial charge in [-0.15, -0.1) is 11.3 Å². The Labute approximate surface area is 115 Å². The zero-order valence-corrected chi connectivity index (χ0v) is 11.6. The lowest BCUT2D eigenvalue weighted by molar-refractivity contribution is 0.558. The molecule has 2 aromatic rings. The Kier molecular flexibility index (Phi) is 4.18. The standard InChI is InChI=1S/C12H13FN2O2S2/c13-10-4-1-5-11(14)12(10)19(16,17)15-7-6-9-3-2-8-18-9/h1-5,8,15H,6-7,14H2. The van der Waals surface area contributed by atoms with E-state index in [9.17, 15) is 12.8 Å². The van der Waals surface area contributed by atoms with Crippen LogP contribution >= 0.6 is 11.3 Å². The first-order valence-corrected chi connectivity index (χ1v) is 7.93. The van der Waals surface area contributed by atoms with E-state index >= 15 is 0 Å². The molecule has 102 valence electrons. The smallest absolute Gasteiger partial charge is 0.245 e. The van der Waals surface area contributed by atoms with Crippen LogP contribution in [0.4, 0.5) is 10.1 Å². The van der Waals surface area contributed by atoms with Crippen LogP contribution in [0.2, 0.25) is 0 Å². The summed E-state index contributed by atoms with van der Waals surface area (Å²) in [5, 5.41) is 1.92. The monoisotopic (exact) mass is 300 g/mol. The Morgan fingerprint density at radius 1 is 1.26 bits per heavy atom. The van der Waals surface area contributed by atoms with E-state index in [0.717, 1.165) is 10.9 Å². The summed E-state index contributed by atoms with van der Waals surface area (Å²) in [5.41, 5.74) is 5.42. The van der Waals surface area contributed by atoms with Crippen molar-refractivity contribution in [3.8, 4) is 0 Å². The van der Waals surface area contributed by atoms with Gasteiger partial charge in [-0.05, 0) is 30.0 Å². The van der Waals surface area contributed by atoms with Crippen LogP contribution in [0.15, 0.2) is 40.6 Å². The van der Waals surface area contributed by atoms with Gasteiger partial charge in [0.15, 0.2) is 0 Å². The molecule has 0 saturated heterocycles. The Morgan fingerprint density at radius 3 is 2.68 bits per heavy atom. The van der Waals surface area contributed by atoms with Gasteiger partial charge in [0.25, 0.3) is 0 Å². The lowest BCUT2D eigenvalue weighted by atomic mass is 10.3. The van der Waals surface area contributed by atoms with Crippen LogP contribution < -0.4 is 10.5 Å². The van der Waals surface area contributed by atoms with Crippen LogP contribution in [0.25, 0.3) is 0 Å². The Balaban J connectivity index is 2.10. The van der Waals surface area contributed by atoms with E-state index in [0.29, 0.717) is 6.42 Å². The first-order chi connectivity index (χ1) is 9.00. The van der Waals surface area contributed by atoms with Crippen LogP contribution in [0, 0.1) is 5.82 Å². The topological polar surface area (TPSA) is 72.2 Å². The fourth-order valence-corrected chi connectivity index (χ4v) is 3.57. The van der Waals surface area contributed by atoms with Gasteiger partial charge in [0.1, 0.15) is 10.7 Å². The molecule has 0 saturated carbocycles. The zero-order chi connectivity index (χ0) is 13.9. The summed E-state index contributed by atoms with van der Waals surface area (Å²) < 4.78 is 39.9. The molecule has 1 aromatic heterocycles. The molecule has 0 amide bonds. The molecule has 3 N–H and O–H groups in total. The number of hydrogen-bond acceptors (Lipinski definition) is 4. The van der Waals surface area contributed by atoms with Gasteiger partial charge in [-0.1, -0.05) is 12.1 Å². The maximum Gasteiger partial charge on any atom is 0.245 e. The molecule has 0 atom stereocenters. The third kappa shape index (κ3) is 3.31. The van der Waals surface area contributed by atoms with Crippen molar-refractivity contribution in [1.29, 1.82) is 0 Å². The van der Waals surface area contributed by atoms with Crippen molar-refractivity contribution < 1.29 is 12.8 Å². The fraction of sp³-hybridized carbons (Fsp3) is 0.167. The predicted octanol–water partition coefficient (Wildman–Crippen LogP) is 1.99. The molecule has 1 aromatic carbocycles. The highest BCUT2D eigenvalue weighted by molar-refractivity contribution is 7.89. The number of sulfonamides is 1. The average molecular weight is 300 g/mol. The minimum absolute atomic E-state index is 0.0939. The second kappa shape index (κ2) is 5.68. The first kappa shape index (κ1) is 14.0. The molecule has 0 aliphatic rings. The molecule has 4 nitrogen and oxygen atoms in total. The van der Waals surface area contributed by atoms with Crippen molar-refractivity contribution in [1.82, 2.24) is 4.72 Å². The van der Waals surface area contributed by atoms with Crippen LogP contribution in [0.1, 0.15) is 4.88 Å². The Morgan fingerprint density at radius 2 is 2.05 bits per heavy atom. The number of nitrogens with one attached hydrogen (secondary N) is 1. The number of rotatable bonds is 5. The number of thiophene rings is 1. The van der Waals surface area contributed by atoms with E-state index in [-0.39, 0.29) is 12.2 Å². The van der Waals surface area contributed by atoms with E-state index < -0.39 is 20.7 Å². The van der Waals surface area contributed by atoms with Gasteiger partial charge in [-0.3, -0.25) is 0 Å². The normalized spacial score (nSPS) is 11.6. The Bertz CT molecular complexity index is 634. The molecule has 0 aliphatic carbocycles. The fourth-order valence-electron chi connectivity index (χ4n) is 1.64. The van der Waals surface area contributed by atoms with Crippen LogP contribution in [0.5, 0.6) is 0 Å². The van der Waals surface area contributed by atoms with Gasteiger partial charge >= 0.3 is 0 Å². The van der Waals surface area contributed by atoms with Gasteiger partial charge in [-0.2, -0.15) is 0 Å². The molecular formula is C12H13FN2O2S2. The number of hydrogen-bond donors (Lipinski definition) is 2. The summed E-state index contributed by atoms with van der Waals surface area (Å²) in [7, 11) is -3.92. The minimum atomic E-state index is -3.92. The van der Waals surface area contributed by atoms with Gasteiger partial charge in [0.2, 0.25) is 10.0 Å². The molecule has 0 bridgehead atoms. The van der Waals surface area contributed by atoms with E-state index in [1.165, 1.54) is 12.1 Å². The molecule has 0 unspecified atom stereocenters. The van der Waals surface area contributed by atoms with Crippen molar-refractivity contribution >= 4 is 27.0 Å². The summed E-state index contributed by atoms with van der Waals surface area (Å²) >= 11 is 1.54. The highest BCUT2D eigenvalue weighted by Gasteiger charge is 2.21. The quantitative estimate of drug-likeness (QED) is 0.830. The van der Waals surface area contributed by atoms with Crippen molar-refractivity contribution in [2.24, 2.45) is 0 Å². The summed E-state index contributed by atoms with van der Waals surface area (Å²) in [5.74, 6) is -0.844. The van der Waals surface area contributed by atoms with Crippen LogP contribution in [-0.4, -0.2) is 15.0 Å². The summed E-state index contributed by atoms with van der Waals surface area (Å²) in [6.45, 7) is 0.205. The van der Waals surface area contributed by atoms with Gasteiger partial charge < -0.3 is 5.73 Å². The zero-order valence-electron chi connectivity index (χ0n) is 9.97. The van der Waals surface area contributed by atoms with E-state index in [2.05, 4.69) is 4.72 Å². The maximum atomic E-state index is 13.5. The summed E-state index contributed by atoms with van der Waals surface area (Å²) in [6.07, 6.45) is 0.561. The largest absolute Gasteiger partial charge is 0.398 e. The molecule has 0 fully saturated rings. The highest BCUT2D eigenvalue weighted by atomic mass is 32.2. The molecule has 1 heterocycles. The van der Waals surface area contributed by atoms with E-state index in [1.807, 2.05) is 17.5 Å². The molecule has 19 heavy (non-hydrogen) atoms.